The monoisotopic (exact) mass is 676 g/mol. The largest absolute Gasteiger partial charge is 0.871 e. The molecule has 2 aliphatic rings. The Bertz CT molecular complexity index is 1950. The van der Waals surface area contributed by atoms with Crippen LogP contribution in [-0.2, 0) is 4.79 Å². The lowest BCUT2D eigenvalue weighted by Gasteiger charge is -2.33. The molecule has 0 spiro atoms. The summed E-state index contributed by atoms with van der Waals surface area (Å²) < 4.78 is 2.10. The quantitative estimate of drug-likeness (QED) is 0.0959. The molecule has 50 heavy (non-hydrogen) atoms. The van der Waals surface area contributed by atoms with Crippen LogP contribution in [0, 0.1) is 41.5 Å². The molecule has 4 N–H and O–H groups in total. The number of carbonyl (C=O) groups excluding carboxylic acids is 1. The van der Waals surface area contributed by atoms with Gasteiger partial charge in [-0.1, -0.05) is 29.0 Å². The molecule has 0 radical (unpaired) electrons. The highest BCUT2D eigenvalue weighted by Gasteiger charge is 2.34. The van der Waals surface area contributed by atoms with E-state index < -0.39 is 11.5 Å². The van der Waals surface area contributed by atoms with Crippen LogP contribution in [0.5, 0.6) is 5.75 Å². The molecule has 0 saturated carbocycles. The van der Waals surface area contributed by atoms with Gasteiger partial charge >= 0.3 is 0 Å². The van der Waals surface area contributed by atoms with Crippen LogP contribution in [0.3, 0.4) is 0 Å². The molecular formula is C42H48N2O6. The van der Waals surface area contributed by atoms with Crippen LogP contribution in [0.15, 0.2) is 83.4 Å². The fraction of sp³-hybridized carbons (Fsp3) is 0.333. The molecule has 0 bridgehead atoms. The molecule has 3 aromatic carbocycles. The first-order valence-corrected chi connectivity index (χ1v) is 17.3. The number of benzene rings is 3. The maximum atomic E-state index is 13.6. The van der Waals surface area contributed by atoms with Gasteiger partial charge in [0, 0.05) is 83.1 Å². The van der Waals surface area contributed by atoms with Gasteiger partial charge in [-0.3, -0.25) is 4.79 Å². The number of aliphatic hydroxyl groups is 3. The first kappa shape index (κ1) is 36.4. The van der Waals surface area contributed by atoms with E-state index in [4.69, 9.17) is 0 Å². The third-order valence-corrected chi connectivity index (χ3v) is 9.42. The molecule has 0 unspecified atom stereocenters. The lowest BCUT2D eigenvalue weighted by atomic mass is 9.79. The number of hydrogen-bond acceptors (Lipinski definition) is 7. The van der Waals surface area contributed by atoms with Crippen LogP contribution in [0.1, 0.15) is 64.6 Å². The van der Waals surface area contributed by atoms with Crippen LogP contribution < -0.4 is 10.0 Å². The predicted octanol–water partition coefficient (Wildman–Crippen LogP) is 6.67. The molecule has 0 aromatic heterocycles. The van der Waals surface area contributed by atoms with Gasteiger partial charge in [0.1, 0.15) is 18.1 Å². The number of aryl methyl sites for hydroxylation is 6. The zero-order valence-corrected chi connectivity index (χ0v) is 29.9. The fourth-order valence-electron chi connectivity index (χ4n) is 7.38. The van der Waals surface area contributed by atoms with Crippen molar-refractivity contribution in [3.05, 3.63) is 122 Å². The number of ketones is 1. The minimum absolute atomic E-state index is 0.0819. The van der Waals surface area contributed by atoms with E-state index in [2.05, 4.69) is 33.7 Å². The Labute approximate surface area is 295 Å². The number of unbranched alkanes of at least 4 members (excludes halogenated alkanes) is 2. The minimum Gasteiger partial charge on any atom is -0.871 e. The lowest BCUT2D eigenvalue weighted by Crippen LogP contribution is -2.31. The highest BCUT2D eigenvalue weighted by atomic mass is 16.3. The summed E-state index contributed by atoms with van der Waals surface area (Å²) in [5.74, 6) is -1.43. The van der Waals surface area contributed by atoms with Crippen LogP contribution in [0.2, 0.25) is 0 Å². The Hall–Kier alpha value is -4.92. The number of hydrogen-bond donors (Lipinski definition) is 4. The van der Waals surface area contributed by atoms with E-state index in [-0.39, 0.29) is 47.0 Å². The number of aliphatic hydroxyl groups excluding tert-OH is 3. The van der Waals surface area contributed by atoms with Gasteiger partial charge < -0.3 is 30.4 Å². The zero-order chi connectivity index (χ0) is 36.3. The van der Waals surface area contributed by atoms with Crippen molar-refractivity contribution in [2.24, 2.45) is 0 Å². The van der Waals surface area contributed by atoms with Crippen molar-refractivity contribution in [1.82, 2.24) is 0 Å². The molecule has 0 aliphatic heterocycles. The summed E-state index contributed by atoms with van der Waals surface area (Å²) in [7, 11) is 0. The number of carbonyl (C=O) groups is 1. The summed E-state index contributed by atoms with van der Waals surface area (Å²) in [6.45, 7) is 13.6. The normalized spacial score (nSPS) is 16.9. The van der Waals surface area contributed by atoms with Gasteiger partial charge in [0.25, 0.3) is 0 Å². The average Bonchev–Trinajstić information content (AvgIpc) is 3.04. The molecule has 5 rings (SSSR count). The van der Waals surface area contributed by atoms with Gasteiger partial charge in [-0.05, 0) is 102 Å². The second-order valence-electron chi connectivity index (χ2n) is 13.5. The SMILES string of the molecule is Cc1cc(C)c(N(CCCCO)c2ccc(C3=C([O-])/C(=C4C=C/C(=[N+](/CCCCO)c5c(C)cc(C)cc5C)C=C/4O)C3=O)c(O)c2)c(C)c1. The van der Waals surface area contributed by atoms with Crippen LogP contribution in [0.25, 0.3) is 5.57 Å². The number of allylic oxidation sites excluding steroid dienone is 5. The maximum Gasteiger partial charge on any atom is 0.211 e. The predicted molar refractivity (Wildman–Crippen MR) is 198 cm³/mol. The van der Waals surface area contributed by atoms with Gasteiger partial charge in [0.2, 0.25) is 11.4 Å². The van der Waals surface area contributed by atoms with Crippen LogP contribution in [0.4, 0.5) is 17.1 Å². The summed E-state index contributed by atoms with van der Waals surface area (Å²) in [6, 6.07) is 13.4. The summed E-state index contributed by atoms with van der Waals surface area (Å²) in [6.07, 6.45) is 7.69. The molecule has 8 heteroatoms. The highest BCUT2D eigenvalue weighted by Crippen LogP contribution is 2.43. The van der Waals surface area contributed by atoms with E-state index in [0.29, 0.717) is 37.3 Å². The Morgan fingerprint density at radius 2 is 1.34 bits per heavy atom. The van der Waals surface area contributed by atoms with E-state index in [1.807, 2.05) is 41.5 Å². The third-order valence-electron chi connectivity index (χ3n) is 9.42. The van der Waals surface area contributed by atoms with E-state index in [9.17, 15) is 30.3 Å². The lowest BCUT2D eigenvalue weighted by molar-refractivity contribution is -0.441. The number of aromatic hydroxyl groups is 1. The van der Waals surface area contributed by atoms with E-state index in [1.54, 1.807) is 36.4 Å². The van der Waals surface area contributed by atoms with Gasteiger partial charge in [0.15, 0.2) is 5.78 Å². The summed E-state index contributed by atoms with van der Waals surface area (Å²) in [4.78, 5) is 15.7. The van der Waals surface area contributed by atoms with Crippen molar-refractivity contribution in [3.63, 3.8) is 0 Å². The first-order chi connectivity index (χ1) is 23.9. The van der Waals surface area contributed by atoms with Crippen molar-refractivity contribution >= 4 is 34.1 Å². The molecule has 0 saturated heterocycles. The molecule has 0 fully saturated rings. The first-order valence-electron chi connectivity index (χ1n) is 17.3. The molecule has 0 heterocycles. The van der Waals surface area contributed by atoms with Crippen molar-refractivity contribution < 1.29 is 34.9 Å². The maximum absolute atomic E-state index is 13.6. The number of phenols is 1. The molecule has 3 aromatic rings. The van der Waals surface area contributed by atoms with Crippen molar-refractivity contribution in [1.29, 1.82) is 0 Å². The molecule has 0 atom stereocenters. The number of anilines is 2. The highest BCUT2D eigenvalue weighted by molar-refractivity contribution is 6.39. The van der Waals surface area contributed by atoms with E-state index in [0.717, 1.165) is 57.6 Å². The minimum atomic E-state index is -0.531. The number of nitrogens with zero attached hydrogens (tertiary/aromatic N) is 2. The summed E-state index contributed by atoms with van der Waals surface area (Å²) >= 11 is 0. The second kappa shape index (κ2) is 15.3. The average molecular weight is 677 g/mol. The fourth-order valence-corrected chi connectivity index (χ4v) is 7.38. The smallest absolute Gasteiger partial charge is 0.211 e. The third kappa shape index (κ3) is 7.18. The molecule has 8 nitrogen and oxygen atoms in total. The Morgan fingerprint density at radius 1 is 0.740 bits per heavy atom. The van der Waals surface area contributed by atoms with Crippen LogP contribution in [-0.4, -0.2) is 62.8 Å². The van der Waals surface area contributed by atoms with Gasteiger partial charge in [-0.15, -0.1) is 0 Å². The van der Waals surface area contributed by atoms with Gasteiger partial charge in [-0.2, -0.15) is 4.58 Å². The molecule has 2 aliphatic carbocycles. The Morgan fingerprint density at radius 3 is 1.90 bits per heavy atom. The molecule has 0 amide bonds. The number of rotatable bonds is 12. The second-order valence-corrected chi connectivity index (χ2v) is 13.5. The van der Waals surface area contributed by atoms with E-state index >= 15 is 0 Å². The molecule has 262 valence electrons. The number of Topliss-reactive ketones (excluding diaryl/α,β-unsaturated/α-hetero) is 1. The Balaban J connectivity index is 1.51. The topological polar surface area (TPSA) is 127 Å². The van der Waals surface area contributed by atoms with Gasteiger partial charge in [0.05, 0.1) is 6.08 Å². The summed E-state index contributed by atoms with van der Waals surface area (Å²) in [5, 5.41) is 54.8. The number of phenolic OH excluding ortho intramolecular Hbond substituents is 1. The van der Waals surface area contributed by atoms with Crippen LogP contribution >= 0.6 is 0 Å². The van der Waals surface area contributed by atoms with Crippen molar-refractivity contribution in [3.8, 4) is 5.75 Å². The van der Waals surface area contributed by atoms with E-state index in [1.165, 1.54) is 0 Å². The standard InChI is InChI=1S/C42H48N2O6/c1-25-19-27(3)39(28(4)20-25)43(15-7-9-17-45)31-11-13-33(35(47)23-31)37-41(49)38(42(37)50)34-14-12-32(24-36(34)48)44(16-8-10-18-46)40-29(5)21-26(2)22-30(40)6/h11-14,19-24,45-46H,7-10,15-18H2,1-6H3,(H2,47,48,49,50). The summed E-state index contributed by atoms with van der Waals surface area (Å²) in [5.41, 5.74) is 10.1. The zero-order valence-electron chi connectivity index (χ0n) is 29.9. The molecular weight excluding hydrogens is 628 g/mol. The Kier molecular flexibility index (Phi) is 11.1. The van der Waals surface area contributed by atoms with Crippen molar-refractivity contribution in [2.75, 3.05) is 31.2 Å². The van der Waals surface area contributed by atoms with Gasteiger partial charge in [-0.25, -0.2) is 0 Å². The van der Waals surface area contributed by atoms with Crippen molar-refractivity contribution in [2.45, 2.75) is 67.2 Å².